The van der Waals surface area contributed by atoms with E-state index in [-0.39, 0.29) is 5.97 Å². The van der Waals surface area contributed by atoms with Gasteiger partial charge in [-0.1, -0.05) is 0 Å². The van der Waals surface area contributed by atoms with Gasteiger partial charge in [-0.3, -0.25) is 0 Å². The van der Waals surface area contributed by atoms with Crippen molar-refractivity contribution in [2.45, 2.75) is 25.7 Å². The second kappa shape index (κ2) is 3.40. The second-order valence-corrected chi connectivity index (χ2v) is 3.69. The lowest BCUT2D eigenvalue weighted by Gasteiger charge is -2.28. The molecule has 3 nitrogen and oxygen atoms in total. The van der Waals surface area contributed by atoms with Crippen molar-refractivity contribution in [3.8, 4) is 0 Å². The van der Waals surface area contributed by atoms with Crippen molar-refractivity contribution in [1.29, 1.82) is 0 Å². The predicted molar refractivity (Wildman–Crippen MR) is 49.1 cm³/mol. The fourth-order valence-electron chi connectivity index (χ4n) is 2.05. The lowest BCUT2D eigenvalue weighted by atomic mass is 10.0. The summed E-state index contributed by atoms with van der Waals surface area (Å²) in [6, 6.07) is 0. The van der Waals surface area contributed by atoms with Gasteiger partial charge in [0.15, 0.2) is 0 Å². The summed E-state index contributed by atoms with van der Waals surface area (Å²) in [4.78, 5) is 13.5. The topological polar surface area (TPSA) is 29.5 Å². The van der Waals surface area contributed by atoms with Gasteiger partial charge in [-0.15, -0.1) is 0 Å². The molecule has 3 heteroatoms. The van der Waals surface area contributed by atoms with Crippen LogP contribution in [0.2, 0.25) is 0 Å². The van der Waals surface area contributed by atoms with Crippen LogP contribution in [0.25, 0.3) is 0 Å². The summed E-state index contributed by atoms with van der Waals surface area (Å²) in [7, 11) is 2.06. The number of nitrogens with zero attached hydrogens (tertiary/aromatic N) is 1. The number of rotatable bonds is 0. The zero-order valence-electron chi connectivity index (χ0n) is 8.01. The van der Waals surface area contributed by atoms with E-state index in [1.54, 1.807) is 0 Å². The van der Waals surface area contributed by atoms with Gasteiger partial charge in [-0.2, -0.15) is 0 Å². The molecule has 0 aliphatic carbocycles. The fraction of sp³-hybridized carbons (Fsp3) is 0.700. The number of hydrogen-bond donors (Lipinski definition) is 0. The number of allylic oxidation sites excluding steroid dienone is 1. The Bertz CT molecular complexity index is 258. The molecule has 2 aliphatic heterocycles. The van der Waals surface area contributed by atoms with Crippen molar-refractivity contribution < 1.29 is 9.53 Å². The Kier molecular flexibility index (Phi) is 2.25. The number of esters is 1. The Morgan fingerprint density at radius 3 is 2.77 bits per heavy atom. The van der Waals surface area contributed by atoms with E-state index in [0.29, 0.717) is 6.61 Å². The van der Waals surface area contributed by atoms with E-state index in [1.807, 2.05) is 0 Å². The molecule has 13 heavy (non-hydrogen) atoms. The normalized spacial score (nSPS) is 29.3. The predicted octanol–water partition coefficient (Wildman–Crippen LogP) is 1.30. The van der Waals surface area contributed by atoms with Crippen molar-refractivity contribution in [2.75, 3.05) is 20.2 Å². The Labute approximate surface area is 78.4 Å². The van der Waals surface area contributed by atoms with Crippen molar-refractivity contribution in [1.82, 2.24) is 4.90 Å². The molecule has 0 aromatic rings. The van der Waals surface area contributed by atoms with Gasteiger partial charge in [0.05, 0.1) is 12.2 Å². The van der Waals surface area contributed by atoms with Crippen LogP contribution >= 0.6 is 0 Å². The molecular weight excluding hydrogens is 166 g/mol. The summed E-state index contributed by atoms with van der Waals surface area (Å²) in [5.41, 5.74) is 2.14. The first-order valence-corrected chi connectivity index (χ1v) is 4.89. The molecule has 0 bridgehead atoms. The maximum Gasteiger partial charge on any atom is 0.335 e. The Balaban J connectivity index is 2.24. The fourth-order valence-corrected chi connectivity index (χ4v) is 2.05. The summed E-state index contributed by atoms with van der Waals surface area (Å²) >= 11 is 0. The molecule has 0 saturated carbocycles. The molecule has 0 aromatic carbocycles. The van der Waals surface area contributed by atoms with Gasteiger partial charge in [0.25, 0.3) is 0 Å². The number of ether oxygens (including phenoxy) is 1. The standard InChI is InChI=1S/C10H15NO2/c1-11-6-3-2-4-9(11)8-5-7-13-10(8)12/h2-7H2,1H3/b9-8-. The molecule has 2 saturated heterocycles. The van der Waals surface area contributed by atoms with Gasteiger partial charge in [0.1, 0.15) is 0 Å². The van der Waals surface area contributed by atoms with Gasteiger partial charge in [-0.05, 0) is 19.3 Å². The van der Waals surface area contributed by atoms with E-state index in [0.717, 1.165) is 25.0 Å². The zero-order valence-corrected chi connectivity index (χ0v) is 8.01. The molecular formula is C10H15NO2. The van der Waals surface area contributed by atoms with Gasteiger partial charge in [0, 0.05) is 25.7 Å². The highest BCUT2D eigenvalue weighted by Gasteiger charge is 2.25. The van der Waals surface area contributed by atoms with E-state index in [9.17, 15) is 4.79 Å². The summed E-state index contributed by atoms with van der Waals surface area (Å²) < 4.78 is 4.94. The first kappa shape index (κ1) is 8.60. The summed E-state index contributed by atoms with van der Waals surface area (Å²) in [5, 5.41) is 0. The van der Waals surface area contributed by atoms with Crippen LogP contribution in [0.4, 0.5) is 0 Å². The minimum atomic E-state index is -0.0937. The van der Waals surface area contributed by atoms with Gasteiger partial charge < -0.3 is 9.64 Å². The molecule has 0 unspecified atom stereocenters. The van der Waals surface area contributed by atoms with Crippen molar-refractivity contribution in [3.63, 3.8) is 0 Å². The van der Waals surface area contributed by atoms with Crippen LogP contribution in [0, 0.1) is 0 Å². The maximum atomic E-state index is 11.3. The van der Waals surface area contributed by atoms with E-state index in [2.05, 4.69) is 11.9 Å². The molecule has 0 radical (unpaired) electrons. The molecule has 0 aromatic heterocycles. The summed E-state index contributed by atoms with van der Waals surface area (Å²) in [6.07, 6.45) is 4.29. The smallest absolute Gasteiger partial charge is 0.335 e. The molecule has 0 amide bonds. The lowest BCUT2D eigenvalue weighted by Crippen LogP contribution is -2.25. The third-order valence-electron chi connectivity index (χ3n) is 2.80. The maximum absolute atomic E-state index is 11.3. The van der Waals surface area contributed by atoms with Crippen LogP contribution in [-0.2, 0) is 9.53 Å². The SMILES string of the molecule is CN1CCCC/C1=C1\CCOC1=O. The van der Waals surface area contributed by atoms with Crippen LogP contribution in [0.1, 0.15) is 25.7 Å². The molecule has 2 heterocycles. The lowest BCUT2D eigenvalue weighted by molar-refractivity contribution is -0.135. The third kappa shape index (κ3) is 1.55. The van der Waals surface area contributed by atoms with E-state index < -0.39 is 0 Å². The largest absolute Gasteiger partial charge is 0.462 e. The monoisotopic (exact) mass is 181 g/mol. The van der Waals surface area contributed by atoms with Crippen molar-refractivity contribution >= 4 is 5.97 Å². The number of piperidine rings is 1. The van der Waals surface area contributed by atoms with Gasteiger partial charge in [-0.25, -0.2) is 4.79 Å². The number of carbonyl (C=O) groups excluding carboxylic acids is 1. The molecule has 0 atom stereocenters. The Morgan fingerprint density at radius 2 is 2.15 bits per heavy atom. The van der Waals surface area contributed by atoms with Crippen molar-refractivity contribution in [3.05, 3.63) is 11.3 Å². The molecule has 0 spiro atoms. The Hall–Kier alpha value is -0.990. The van der Waals surface area contributed by atoms with Crippen molar-refractivity contribution in [2.24, 2.45) is 0 Å². The quantitative estimate of drug-likeness (QED) is 0.417. The van der Waals surface area contributed by atoms with E-state index >= 15 is 0 Å². The van der Waals surface area contributed by atoms with Gasteiger partial charge in [0.2, 0.25) is 0 Å². The average Bonchev–Trinajstić information content (AvgIpc) is 2.52. The Morgan fingerprint density at radius 1 is 1.31 bits per heavy atom. The molecule has 72 valence electrons. The summed E-state index contributed by atoms with van der Waals surface area (Å²) in [6.45, 7) is 1.65. The van der Waals surface area contributed by atoms with Crippen LogP contribution in [-0.4, -0.2) is 31.1 Å². The number of carbonyl (C=O) groups is 1. The first-order valence-electron chi connectivity index (χ1n) is 4.89. The van der Waals surface area contributed by atoms with E-state index in [4.69, 9.17) is 4.74 Å². The van der Waals surface area contributed by atoms with Crippen LogP contribution < -0.4 is 0 Å². The third-order valence-corrected chi connectivity index (χ3v) is 2.80. The first-order chi connectivity index (χ1) is 6.29. The highest BCUT2D eigenvalue weighted by molar-refractivity contribution is 5.91. The highest BCUT2D eigenvalue weighted by Crippen LogP contribution is 2.26. The zero-order chi connectivity index (χ0) is 9.26. The highest BCUT2D eigenvalue weighted by atomic mass is 16.5. The number of cyclic esters (lactones) is 1. The number of hydrogen-bond acceptors (Lipinski definition) is 3. The van der Waals surface area contributed by atoms with Gasteiger partial charge >= 0.3 is 5.97 Å². The minimum absolute atomic E-state index is 0.0937. The average molecular weight is 181 g/mol. The second-order valence-electron chi connectivity index (χ2n) is 3.69. The molecule has 0 N–H and O–H groups in total. The van der Waals surface area contributed by atoms with Crippen LogP contribution in [0.15, 0.2) is 11.3 Å². The number of likely N-dealkylation sites (tertiary alicyclic amines) is 1. The molecule has 2 aliphatic rings. The van der Waals surface area contributed by atoms with E-state index in [1.165, 1.54) is 18.5 Å². The minimum Gasteiger partial charge on any atom is -0.462 e. The molecule has 2 rings (SSSR count). The summed E-state index contributed by atoms with van der Waals surface area (Å²) in [5.74, 6) is -0.0937. The van der Waals surface area contributed by atoms with Crippen LogP contribution in [0.3, 0.4) is 0 Å². The van der Waals surface area contributed by atoms with Crippen LogP contribution in [0.5, 0.6) is 0 Å². The molecule has 2 fully saturated rings.